The predicted molar refractivity (Wildman–Crippen MR) is 35.3 cm³/mol. The molecule has 1 aliphatic heterocycles. The number of amides is 1. The fourth-order valence-corrected chi connectivity index (χ4v) is 1.98. The molecule has 1 saturated carbocycles. The molecule has 1 saturated heterocycles. The fraction of sp³-hybridized carbons (Fsp3) is 0.857. The number of hydrogen-bond donors (Lipinski definition) is 2. The first-order valence-corrected chi connectivity index (χ1v) is 3.75. The van der Waals surface area contributed by atoms with Crippen molar-refractivity contribution in [3.63, 3.8) is 0 Å². The first-order valence-electron chi connectivity index (χ1n) is 3.75. The van der Waals surface area contributed by atoms with E-state index in [4.69, 9.17) is 0 Å². The Balaban J connectivity index is 2.12. The number of carbonyl (C=O) groups is 1. The van der Waals surface area contributed by atoms with Gasteiger partial charge in [-0.3, -0.25) is 4.79 Å². The van der Waals surface area contributed by atoms with E-state index in [9.17, 15) is 9.90 Å². The van der Waals surface area contributed by atoms with Gasteiger partial charge >= 0.3 is 0 Å². The first-order chi connectivity index (χ1) is 4.77. The molecule has 3 atom stereocenters. The van der Waals surface area contributed by atoms with E-state index in [0.29, 0.717) is 6.42 Å². The van der Waals surface area contributed by atoms with Gasteiger partial charge < -0.3 is 10.4 Å². The molecule has 0 aromatic heterocycles. The number of rotatable bonds is 0. The zero-order chi connectivity index (χ0) is 7.14. The highest BCUT2D eigenvalue weighted by molar-refractivity contribution is 5.79. The lowest BCUT2D eigenvalue weighted by Crippen LogP contribution is -2.26. The van der Waals surface area contributed by atoms with Gasteiger partial charge in [0.05, 0.1) is 6.10 Å². The third-order valence-electron chi connectivity index (χ3n) is 2.55. The lowest BCUT2D eigenvalue weighted by atomic mass is 10.0. The Kier molecular flexibility index (Phi) is 1.20. The molecule has 0 spiro atoms. The molecular weight excluding hydrogens is 130 g/mol. The molecule has 0 bridgehead atoms. The maximum absolute atomic E-state index is 10.8. The van der Waals surface area contributed by atoms with Crippen LogP contribution in [0, 0.1) is 5.92 Å². The van der Waals surface area contributed by atoms with Gasteiger partial charge in [0.15, 0.2) is 0 Å². The smallest absolute Gasteiger partial charge is 0.220 e. The lowest BCUT2D eigenvalue weighted by Gasteiger charge is -2.09. The van der Waals surface area contributed by atoms with Crippen LogP contribution in [-0.2, 0) is 4.79 Å². The second kappa shape index (κ2) is 1.95. The van der Waals surface area contributed by atoms with E-state index < -0.39 is 0 Å². The van der Waals surface area contributed by atoms with Gasteiger partial charge in [0, 0.05) is 18.4 Å². The molecule has 2 aliphatic rings. The van der Waals surface area contributed by atoms with E-state index in [1.54, 1.807) is 0 Å². The largest absolute Gasteiger partial charge is 0.393 e. The summed E-state index contributed by atoms with van der Waals surface area (Å²) in [6.07, 6.45) is 2.11. The zero-order valence-electron chi connectivity index (χ0n) is 5.71. The highest BCUT2D eigenvalue weighted by atomic mass is 16.3. The Morgan fingerprint density at radius 2 is 2.30 bits per heavy atom. The maximum Gasteiger partial charge on any atom is 0.220 e. The van der Waals surface area contributed by atoms with Crippen molar-refractivity contribution in [1.82, 2.24) is 5.32 Å². The number of hydrogen-bond acceptors (Lipinski definition) is 2. The fourth-order valence-electron chi connectivity index (χ4n) is 1.98. The van der Waals surface area contributed by atoms with Gasteiger partial charge in [-0.05, 0) is 12.8 Å². The molecule has 0 unspecified atom stereocenters. The van der Waals surface area contributed by atoms with Crippen molar-refractivity contribution in [2.24, 2.45) is 5.92 Å². The van der Waals surface area contributed by atoms with Gasteiger partial charge in [0.25, 0.3) is 0 Å². The molecular formula is C7H11NO2. The zero-order valence-corrected chi connectivity index (χ0v) is 5.71. The summed E-state index contributed by atoms with van der Waals surface area (Å²) in [5, 5.41) is 12.2. The van der Waals surface area contributed by atoms with Crippen LogP contribution in [-0.4, -0.2) is 23.2 Å². The van der Waals surface area contributed by atoms with Crippen LogP contribution in [0.15, 0.2) is 0 Å². The molecule has 0 aromatic rings. The molecule has 1 aliphatic carbocycles. The Labute approximate surface area is 59.4 Å². The van der Waals surface area contributed by atoms with Crippen molar-refractivity contribution in [1.29, 1.82) is 0 Å². The van der Waals surface area contributed by atoms with E-state index in [0.717, 1.165) is 12.8 Å². The molecule has 2 N–H and O–H groups in total. The molecule has 3 heteroatoms. The number of aliphatic hydroxyl groups excluding tert-OH is 1. The first kappa shape index (κ1) is 6.16. The summed E-state index contributed by atoms with van der Waals surface area (Å²) in [6.45, 7) is 0. The van der Waals surface area contributed by atoms with Gasteiger partial charge in [-0.15, -0.1) is 0 Å². The molecule has 1 amide bonds. The summed E-state index contributed by atoms with van der Waals surface area (Å²) < 4.78 is 0. The summed E-state index contributed by atoms with van der Waals surface area (Å²) in [5.74, 6) is 0.321. The normalized spacial score (nSPS) is 45.3. The predicted octanol–water partition coefficient (Wildman–Crippen LogP) is -0.354. The minimum absolute atomic E-state index is 0.105. The second-order valence-electron chi connectivity index (χ2n) is 3.19. The number of aliphatic hydroxyl groups is 1. The van der Waals surface area contributed by atoms with Crippen molar-refractivity contribution >= 4 is 5.91 Å². The topological polar surface area (TPSA) is 49.3 Å². The van der Waals surface area contributed by atoms with Crippen molar-refractivity contribution in [2.75, 3.05) is 0 Å². The van der Waals surface area contributed by atoms with Gasteiger partial charge in [-0.2, -0.15) is 0 Å². The molecule has 2 fully saturated rings. The van der Waals surface area contributed by atoms with Crippen LogP contribution >= 0.6 is 0 Å². The SMILES string of the molecule is O=C1C[C@@H]2[C@H](O)CC[C@@H]2N1. The number of carbonyl (C=O) groups excluding carboxylic acids is 1. The quantitative estimate of drug-likeness (QED) is 0.484. The van der Waals surface area contributed by atoms with E-state index in [-0.39, 0.29) is 24.0 Å². The third kappa shape index (κ3) is 0.736. The molecule has 0 radical (unpaired) electrons. The van der Waals surface area contributed by atoms with Crippen LogP contribution in [0.3, 0.4) is 0 Å². The Morgan fingerprint density at radius 1 is 1.50 bits per heavy atom. The van der Waals surface area contributed by atoms with Crippen LogP contribution < -0.4 is 5.32 Å². The average Bonchev–Trinajstić information content (AvgIpc) is 2.35. The van der Waals surface area contributed by atoms with Crippen LogP contribution in [0.4, 0.5) is 0 Å². The standard InChI is InChI=1S/C7H11NO2/c9-6-2-1-5-4(6)3-7(10)8-5/h4-6,9H,1-3H2,(H,8,10)/t4-,5-,6+/m0/s1. The van der Waals surface area contributed by atoms with Crippen molar-refractivity contribution in [2.45, 2.75) is 31.4 Å². The summed E-state index contributed by atoms with van der Waals surface area (Å²) in [7, 11) is 0. The maximum atomic E-state index is 10.8. The number of fused-ring (bicyclic) bond motifs is 1. The molecule has 10 heavy (non-hydrogen) atoms. The minimum atomic E-state index is -0.232. The van der Waals surface area contributed by atoms with Crippen LogP contribution in [0.25, 0.3) is 0 Å². The van der Waals surface area contributed by atoms with Gasteiger partial charge in [0.1, 0.15) is 0 Å². The lowest BCUT2D eigenvalue weighted by molar-refractivity contribution is -0.119. The summed E-state index contributed by atoms with van der Waals surface area (Å²) in [4.78, 5) is 10.8. The molecule has 0 aromatic carbocycles. The number of nitrogens with one attached hydrogen (secondary N) is 1. The van der Waals surface area contributed by atoms with E-state index >= 15 is 0 Å². The second-order valence-corrected chi connectivity index (χ2v) is 3.19. The van der Waals surface area contributed by atoms with Crippen molar-refractivity contribution < 1.29 is 9.90 Å². The van der Waals surface area contributed by atoms with Crippen molar-refractivity contribution in [3.05, 3.63) is 0 Å². The van der Waals surface area contributed by atoms with Crippen LogP contribution in [0.1, 0.15) is 19.3 Å². The van der Waals surface area contributed by atoms with E-state index in [1.165, 1.54) is 0 Å². The summed E-state index contributed by atoms with van der Waals surface area (Å²) >= 11 is 0. The van der Waals surface area contributed by atoms with Crippen LogP contribution in [0.5, 0.6) is 0 Å². The average molecular weight is 141 g/mol. The molecule has 3 nitrogen and oxygen atoms in total. The highest BCUT2D eigenvalue weighted by Crippen LogP contribution is 2.32. The summed E-state index contributed by atoms with van der Waals surface area (Å²) in [6, 6.07) is 0.280. The molecule has 1 heterocycles. The Morgan fingerprint density at radius 3 is 3.00 bits per heavy atom. The Bertz CT molecular complexity index is 169. The van der Waals surface area contributed by atoms with Crippen molar-refractivity contribution in [3.8, 4) is 0 Å². The van der Waals surface area contributed by atoms with Gasteiger partial charge in [-0.25, -0.2) is 0 Å². The van der Waals surface area contributed by atoms with Gasteiger partial charge in [0.2, 0.25) is 5.91 Å². The third-order valence-corrected chi connectivity index (χ3v) is 2.55. The van der Waals surface area contributed by atoms with Crippen LogP contribution in [0.2, 0.25) is 0 Å². The minimum Gasteiger partial charge on any atom is -0.393 e. The summed E-state index contributed by atoms with van der Waals surface area (Å²) in [5.41, 5.74) is 0. The monoisotopic (exact) mass is 141 g/mol. The van der Waals surface area contributed by atoms with E-state index in [2.05, 4.69) is 5.32 Å². The van der Waals surface area contributed by atoms with E-state index in [1.807, 2.05) is 0 Å². The molecule has 2 rings (SSSR count). The molecule has 56 valence electrons. The highest BCUT2D eigenvalue weighted by Gasteiger charge is 2.41. The Hall–Kier alpha value is -0.570. The van der Waals surface area contributed by atoms with Gasteiger partial charge in [-0.1, -0.05) is 0 Å².